The second kappa shape index (κ2) is 7.31. The number of hydrogen-bond donors (Lipinski definition) is 2. The highest BCUT2D eigenvalue weighted by Gasteiger charge is 2.05. The van der Waals surface area contributed by atoms with E-state index in [9.17, 15) is 4.79 Å². The van der Waals surface area contributed by atoms with Crippen LogP contribution in [0.25, 0.3) is 0 Å². The molecule has 0 aliphatic heterocycles. The van der Waals surface area contributed by atoms with Gasteiger partial charge in [-0.3, -0.25) is 4.79 Å². The van der Waals surface area contributed by atoms with Gasteiger partial charge in [-0.15, -0.1) is 0 Å². The number of aliphatic hydroxyl groups is 1. The summed E-state index contributed by atoms with van der Waals surface area (Å²) in [6, 6.07) is 16.8. The summed E-state index contributed by atoms with van der Waals surface area (Å²) in [5, 5.41) is 11.3. The fourth-order valence-electron chi connectivity index (χ4n) is 1.74. The summed E-state index contributed by atoms with van der Waals surface area (Å²) in [6.45, 7) is 0.631. The molecular formula is C16H17NO3. The van der Waals surface area contributed by atoms with E-state index < -0.39 is 0 Å². The van der Waals surface area contributed by atoms with Gasteiger partial charge >= 0.3 is 0 Å². The fourth-order valence-corrected chi connectivity index (χ4v) is 1.74. The van der Waals surface area contributed by atoms with E-state index in [1.165, 1.54) is 0 Å². The van der Waals surface area contributed by atoms with Gasteiger partial charge < -0.3 is 15.2 Å². The molecule has 2 rings (SSSR count). The third kappa shape index (κ3) is 4.10. The second-order valence-corrected chi connectivity index (χ2v) is 4.28. The van der Waals surface area contributed by atoms with Gasteiger partial charge in [0.1, 0.15) is 12.4 Å². The SMILES string of the molecule is O=C(NCCO)c1cccc(OCc2ccccc2)c1. The van der Waals surface area contributed by atoms with Crippen LogP contribution in [0.15, 0.2) is 54.6 Å². The Labute approximate surface area is 118 Å². The Hall–Kier alpha value is -2.33. The molecule has 0 aliphatic rings. The molecule has 0 bridgehead atoms. The van der Waals surface area contributed by atoms with Gasteiger partial charge in [0.15, 0.2) is 0 Å². The van der Waals surface area contributed by atoms with Crippen molar-refractivity contribution in [1.29, 1.82) is 0 Å². The van der Waals surface area contributed by atoms with Crippen molar-refractivity contribution < 1.29 is 14.6 Å². The van der Waals surface area contributed by atoms with Crippen LogP contribution in [0.4, 0.5) is 0 Å². The molecule has 20 heavy (non-hydrogen) atoms. The van der Waals surface area contributed by atoms with Crippen LogP contribution in [0.2, 0.25) is 0 Å². The molecule has 2 aromatic carbocycles. The molecule has 0 spiro atoms. The Bertz CT molecular complexity index is 555. The fraction of sp³-hybridized carbons (Fsp3) is 0.188. The molecule has 2 aromatic rings. The molecule has 2 N–H and O–H groups in total. The lowest BCUT2D eigenvalue weighted by molar-refractivity contribution is 0.0944. The van der Waals surface area contributed by atoms with Gasteiger partial charge in [0.2, 0.25) is 0 Å². The van der Waals surface area contributed by atoms with Gasteiger partial charge in [0, 0.05) is 12.1 Å². The summed E-state index contributed by atoms with van der Waals surface area (Å²) in [5.74, 6) is 0.426. The van der Waals surface area contributed by atoms with Crippen LogP contribution < -0.4 is 10.1 Å². The Balaban J connectivity index is 1.97. The van der Waals surface area contributed by atoms with Crippen molar-refractivity contribution in [3.63, 3.8) is 0 Å². The maximum Gasteiger partial charge on any atom is 0.251 e. The molecule has 0 fully saturated rings. The summed E-state index contributed by atoms with van der Waals surface area (Å²) in [5.41, 5.74) is 1.59. The predicted octanol–water partition coefficient (Wildman–Crippen LogP) is 1.99. The van der Waals surface area contributed by atoms with Crippen molar-refractivity contribution in [3.8, 4) is 5.75 Å². The minimum Gasteiger partial charge on any atom is -0.489 e. The summed E-state index contributed by atoms with van der Waals surface area (Å²) in [6.07, 6.45) is 0. The second-order valence-electron chi connectivity index (χ2n) is 4.28. The number of amides is 1. The zero-order valence-electron chi connectivity index (χ0n) is 11.1. The summed E-state index contributed by atoms with van der Waals surface area (Å²) >= 11 is 0. The topological polar surface area (TPSA) is 58.6 Å². The first kappa shape index (κ1) is 14.1. The van der Waals surface area contributed by atoms with Gasteiger partial charge in [-0.1, -0.05) is 36.4 Å². The lowest BCUT2D eigenvalue weighted by Crippen LogP contribution is -2.26. The van der Waals surface area contributed by atoms with Crippen LogP contribution in [0.3, 0.4) is 0 Å². The van der Waals surface area contributed by atoms with Crippen LogP contribution in [0.5, 0.6) is 5.75 Å². The smallest absolute Gasteiger partial charge is 0.251 e. The van der Waals surface area contributed by atoms with Gasteiger partial charge in [0.25, 0.3) is 5.91 Å². The molecule has 0 aromatic heterocycles. The van der Waals surface area contributed by atoms with Crippen LogP contribution >= 0.6 is 0 Å². The molecule has 0 unspecified atom stereocenters. The number of aliphatic hydroxyl groups excluding tert-OH is 1. The quantitative estimate of drug-likeness (QED) is 0.844. The molecular weight excluding hydrogens is 254 g/mol. The van der Waals surface area contributed by atoms with Crippen LogP contribution in [-0.2, 0) is 6.61 Å². The molecule has 0 saturated carbocycles. The zero-order valence-corrected chi connectivity index (χ0v) is 11.1. The Morgan fingerprint density at radius 1 is 1.10 bits per heavy atom. The number of carbonyl (C=O) groups excluding carboxylic acids is 1. The van der Waals surface area contributed by atoms with E-state index in [2.05, 4.69) is 5.32 Å². The average Bonchev–Trinajstić information content (AvgIpc) is 2.52. The molecule has 0 heterocycles. The van der Waals surface area contributed by atoms with Gasteiger partial charge in [-0.2, -0.15) is 0 Å². The lowest BCUT2D eigenvalue weighted by atomic mass is 10.2. The molecule has 104 valence electrons. The van der Waals surface area contributed by atoms with Crippen LogP contribution in [-0.4, -0.2) is 24.2 Å². The molecule has 0 radical (unpaired) electrons. The van der Waals surface area contributed by atoms with Gasteiger partial charge in [-0.05, 0) is 23.8 Å². The highest BCUT2D eigenvalue weighted by molar-refractivity contribution is 5.94. The zero-order chi connectivity index (χ0) is 14.2. The van der Waals surface area contributed by atoms with Crippen LogP contribution in [0.1, 0.15) is 15.9 Å². The first-order valence-electron chi connectivity index (χ1n) is 6.45. The number of ether oxygens (including phenoxy) is 1. The monoisotopic (exact) mass is 271 g/mol. The minimum atomic E-state index is -0.218. The number of nitrogens with one attached hydrogen (secondary N) is 1. The van der Waals surface area contributed by atoms with Crippen molar-refractivity contribution in [2.24, 2.45) is 0 Å². The molecule has 4 nitrogen and oxygen atoms in total. The maximum atomic E-state index is 11.8. The van der Waals surface area contributed by atoms with E-state index >= 15 is 0 Å². The lowest BCUT2D eigenvalue weighted by Gasteiger charge is -2.08. The van der Waals surface area contributed by atoms with Crippen LogP contribution in [0, 0.1) is 0 Å². The van der Waals surface area contributed by atoms with E-state index in [4.69, 9.17) is 9.84 Å². The van der Waals surface area contributed by atoms with E-state index in [1.807, 2.05) is 36.4 Å². The summed E-state index contributed by atoms with van der Waals surface area (Å²) < 4.78 is 5.66. The van der Waals surface area contributed by atoms with Gasteiger partial charge in [-0.25, -0.2) is 0 Å². The molecule has 0 saturated heterocycles. The Morgan fingerprint density at radius 2 is 1.90 bits per heavy atom. The van der Waals surface area contributed by atoms with E-state index in [0.717, 1.165) is 5.56 Å². The number of rotatable bonds is 6. The number of carbonyl (C=O) groups is 1. The summed E-state index contributed by atoms with van der Waals surface area (Å²) in [4.78, 5) is 11.8. The summed E-state index contributed by atoms with van der Waals surface area (Å²) in [7, 11) is 0. The highest BCUT2D eigenvalue weighted by Crippen LogP contribution is 2.15. The largest absolute Gasteiger partial charge is 0.489 e. The predicted molar refractivity (Wildman–Crippen MR) is 76.6 cm³/mol. The minimum absolute atomic E-state index is 0.0735. The first-order chi connectivity index (χ1) is 9.79. The number of benzene rings is 2. The normalized spacial score (nSPS) is 10.1. The molecule has 0 atom stereocenters. The standard InChI is InChI=1S/C16H17NO3/c18-10-9-17-16(19)14-7-4-8-15(11-14)20-12-13-5-2-1-3-6-13/h1-8,11,18H,9-10,12H2,(H,17,19). The molecule has 4 heteroatoms. The molecule has 1 amide bonds. The van der Waals surface area contributed by atoms with Crippen molar-refractivity contribution >= 4 is 5.91 Å². The van der Waals surface area contributed by atoms with E-state index in [1.54, 1.807) is 18.2 Å². The number of hydrogen-bond acceptors (Lipinski definition) is 3. The van der Waals surface area contributed by atoms with Crippen molar-refractivity contribution in [1.82, 2.24) is 5.32 Å². The van der Waals surface area contributed by atoms with Crippen molar-refractivity contribution in [2.45, 2.75) is 6.61 Å². The van der Waals surface area contributed by atoms with Crippen molar-refractivity contribution in [3.05, 3.63) is 65.7 Å². The Kier molecular flexibility index (Phi) is 5.15. The van der Waals surface area contributed by atoms with Crippen molar-refractivity contribution in [2.75, 3.05) is 13.2 Å². The van der Waals surface area contributed by atoms with E-state index in [0.29, 0.717) is 17.9 Å². The Morgan fingerprint density at radius 3 is 2.65 bits per heavy atom. The third-order valence-electron chi connectivity index (χ3n) is 2.74. The maximum absolute atomic E-state index is 11.8. The van der Waals surface area contributed by atoms with E-state index in [-0.39, 0.29) is 19.1 Å². The third-order valence-corrected chi connectivity index (χ3v) is 2.74. The first-order valence-corrected chi connectivity index (χ1v) is 6.45. The highest BCUT2D eigenvalue weighted by atomic mass is 16.5. The molecule has 0 aliphatic carbocycles. The average molecular weight is 271 g/mol. The van der Waals surface area contributed by atoms with Gasteiger partial charge in [0.05, 0.1) is 6.61 Å².